The zero-order valence-electron chi connectivity index (χ0n) is 13.5. The van der Waals surface area contributed by atoms with E-state index < -0.39 is 6.04 Å². The Balaban J connectivity index is 1.39. The number of rotatable bonds is 6. The summed E-state index contributed by atoms with van der Waals surface area (Å²) in [5.41, 5.74) is 1.23. The van der Waals surface area contributed by atoms with Crippen molar-refractivity contribution in [1.82, 2.24) is 16.0 Å². The molecule has 0 spiro atoms. The van der Waals surface area contributed by atoms with E-state index in [1.807, 2.05) is 18.2 Å². The predicted octanol–water partition coefficient (Wildman–Crippen LogP) is 2.14. The van der Waals surface area contributed by atoms with E-state index in [1.165, 1.54) is 5.56 Å². The first-order valence-corrected chi connectivity index (χ1v) is 8.05. The Labute approximate surface area is 140 Å². The van der Waals surface area contributed by atoms with Crippen LogP contribution in [0.1, 0.15) is 30.6 Å². The third-order valence-corrected chi connectivity index (χ3v) is 4.09. The van der Waals surface area contributed by atoms with Gasteiger partial charge >= 0.3 is 6.03 Å². The molecule has 6 heteroatoms. The SMILES string of the molecule is C[C@H](NC(=O)N[C@@H]1C[C@H]1c1ccccc1)C(=O)NCc1ccco1. The molecule has 0 unspecified atom stereocenters. The molecule has 1 aliphatic rings. The van der Waals surface area contributed by atoms with E-state index in [2.05, 4.69) is 28.1 Å². The molecule has 1 aromatic heterocycles. The van der Waals surface area contributed by atoms with Gasteiger partial charge in [-0.1, -0.05) is 30.3 Å². The lowest BCUT2D eigenvalue weighted by molar-refractivity contribution is -0.122. The Morgan fingerprint density at radius 3 is 2.71 bits per heavy atom. The molecule has 3 atom stereocenters. The highest BCUT2D eigenvalue weighted by Crippen LogP contribution is 2.40. The van der Waals surface area contributed by atoms with Gasteiger partial charge in [0.05, 0.1) is 12.8 Å². The summed E-state index contributed by atoms with van der Waals surface area (Å²) in [7, 11) is 0. The molecule has 24 heavy (non-hydrogen) atoms. The van der Waals surface area contributed by atoms with Crippen LogP contribution in [0.5, 0.6) is 0 Å². The number of nitrogens with one attached hydrogen (secondary N) is 3. The number of hydrogen-bond donors (Lipinski definition) is 3. The van der Waals surface area contributed by atoms with Gasteiger partial charge in [-0.25, -0.2) is 4.79 Å². The van der Waals surface area contributed by atoms with E-state index >= 15 is 0 Å². The summed E-state index contributed by atoms with van der Waals surface area (Å²) in [5, 5.41) is 8.29. The minimum atomic E-state index is -0.617. The summed E-state index contributed by atoms with van der Waals surface area (Å²) >= 11 is 0. The van der Waals surface area contributed by atoms with Gasteiger partial charge in [-0.2, -0.15) is 0 Å². The number of urea groups is 1. The quantitative estimate of drug-likeness (QED) is 0.760. The summed E-state index contributed by atoms with van der Waals surface area (Å²) in [6.45, 7) is 1.96. The van der Waals surface area contributed by atoms with Crippen molar-refractivity contribution in [3.05, 3.63) is 60.1 Å². The fraction of sp³-hybridized carbons (Fsp3) is 0.333. The lowest BCUT2D eigenvalue weighted by Gasteiger charge is -2.14. The summed E-state index contributed by atoms with van der Waals surface area (Å²) in [6.07, 6.45) is 2.48. The summed E-state index contributed by atoms with van der Waals surface area (Å²) < 4.78 is 5.15. The third-order valence-electron chi connectivity index (χ3n) is 4.09. The number of furan rings is 1. The highest BCUT2D eigenvalue weighted by Gasteiger charge is 2.39. The van der Waals surface area contributed by atoms with Crippen molar-refractivity contribution in [2.24, 2.45) is 0 Å². The number of benzene rings is 1. The van der Waals surface area contributed by atoms with Crippen molar-refractivity contribution in [2.75, 3.05) is 0 Å². The number of hydrogen-bond acceptors (Lipinski definition) is 3. The van der Waals surface area contributed by atoms with E-state index in [1.54, 1.807) is 25.3 Å². The summed E-state index contributed by atoms with van der Waals surface area (Å²) in [4.78, 5) is 24.0. The van der Waals surface area contributed by atoms with Crippen LogP contribution in [0.2, 0.25) is 0 Å². The molecular formula is C18H21N3O3. The van der Waals surface area contributed by atoms with Crippen LogP contribution in [0.3, 0.4) is 0 Å². The largest absolute Gasteiger partial charge is 0.467 e. The van der Waals surface area contributed by atoms with E-state index in [0.29, 0.717) is 18.2 Å². The van der Waals surface area contributed by atoms with E-state index in [4.69, 9.17) is 4.42 Å². The molecule has 3 N–H and O–H groups in total. The van der Waals surface area contributed by atoms with Gasteiger partial charge in [0.25, 0.3) is 0 Å². The monoisotopic (exact) mass is 327 g/mol. The highest BCUT2D eigenvalue weighted by atomic mass is 16.3. The third kappa shape index (κ3) is 4.16. The van der Waals surface area contributed by atoms with Gasteiger partial charge in [-0.05, 0) is 31.0 Å². The van der Waals surface area contributed by atoms with Crippen molar-refractivity contribution >= 4 is 11.9 Å². The number of amides is 3. The first-order chi connectivity index (χ1) is 11.6. The minimum absolute atomic E-state index is 0.130. The van der Waals surface area contributed by atoms with Crippen LogP contribution in [-0.4, -0.2) is 24.0 Å². The molecule has 0 bridgehead atoms. The van der Waals surface area contributed by atoms with E-state index in [0.717, 1.165) is 6.42 Å². The molecule has 1 heterocycles. The van der Waals surface area contributed by atoms with Crippen LogP contribution >= 0.6 is 0 Å². The maximum absolute atomic E-state index is 12.0. The van der Waals surface area contributed by atoms with Crippen LogP contribution in [0.15, 0.2) is 53.1 Å². The van der Waals surface area contributed by atoms with E-state index in [9.17, 15) is 9.59 Å². The molecule has 1 aromatic carbocycles. The average molecular weight is 327 g/mol. The normalized spacial score (nSPS) is 20.0. The van der Waals surface area contributed by atoms with Gasteiger partial charge in [-0.3, -0.25) is 4.79 Å². The molecular weight excluding hydrogens is 306 g/mol. The molecule has 3 rings (SSSR count). The fourth-order valence-electron chi connectivity index (χ4n) is 2.64. The van der Waals surface area contributed by atoms with Gasteiger partial charge in [0.1, 0.15) is 11.8 Å². The maximum Gasteiger partial charge on any atom is 0.315 e. The van der Waals surface area contributed by atoms with Crippen LogP contribution in [0.4, 0.5) is 4.79 Å². The Morgan fingerprint density at radius 2 is 2.00 bits per heavy atom. The van der Waals surface area contributed by atoms with Crippen molar-refractivity contribution in [3.63, 3.8) is 0 Å². The van der Waals surface area contributed by atoms with Crippen molar-refractivity contribution in [1.29, 1.82) is 0 Å². The molecule has 3 amide bonds. The van der Waals surface area contributed by atoms with Gasteiger partial charge in [0.15, 0.2) is 0 Å². The second kappa shape index (κ2) is 7.21. The van der Waals surface area contributed by atoms with Crippen LogP contribution in [0, 0.1) is 0 Å². The summed E-state index contributed by atoms with van der Waals surface area (Å²) in [5.74, 6) is 0.778. The topological polar surface area (TPSA) is 83.4 Å². The molecule has 1 saturated carbocycles. The molecule has 0 radical (unpaired) electrons. The maximum atomic E-state index is 12.0. The fourth-order valence-corrected chi connectivity index (χ4v) is 2.64. The first-order valence-electron chi connectivity index (χ1n) is 8.05. The second-order valence-corrected chi connectivity index (χ2v) is 6.00. The van der Waals surface area contributed by atoms with Crippen LogP contribution in [-0.2, 0) is 11.3 Å². The van der Waals surface area contributed by atoms with Gasteiger partial charge < -0.3 is 20.4 Å². The van der Waals surface area contributed by atoms with Gasteiger partial charge in [0, 0.05) is 12.0 Å². The average Bonchev–Trinajstić information content (AvgIpc) is 3.14. The smallest absolute Gasteiger partial charge is 0.315 e. The molecule has 6 nitrogen and oxygen atoms in total. The Kier molecular flexibility index (Phi) is 4.84. The van der Waals surface area contributed by atoms with Crippen molar-refractivity contribution < 1.29 is 14.0 Å². The minimum Gasteiger partial charge on any atom is -0.467 e. The summed E-state index contributed by atoms with van der Waals surface area (Å²) in [6, 6.07) is 12.8. The van der Waals surface area contributed by atoms with E-state index in [-0.39, 0.29) is 18.0 Å². The zero-order valence-corrected chi connectivity index (χ0v) is 13.5. The molecule has 2 aromatic rings. The van der Waals surface area contributed by atoms with Crippen molar-refractivity contribution in [2.45, 2.75) is 37.9 Å². The van der Waals surface area contributed by atoms with Crippen molar-refractivity contribution in [3.8, 4) is 0 Å². The van der Waals surface area contributed by atoms with Crippen LogP contribution in [0.25, 0.3) is 0 Å². The second-order valence-electron chi connectivity index (χ2n) is 6.00. The lowest BCUT2D eigenvalue weighted by Crippen LogP contribution is -2.48. The number of carbonyl (C=O) groups is 2. The standard InChI is InChI=1S/C18H21N3O3/c1-12(17(22)19-11-14-8-5-9-24-14)20-18(23)21-16-10-15(16)13-6-3-2-4-7-13/h2-9,12,15-16H,10-11H2,1H3,(H,19,22)(H2,20,21,23)/t12-,15-,16+/m0/s1. The first kappa shape index (κ1) is 16.1. The molecule has 0 saturated heterocycles. The Hall–Kier alpha value is -2.76. The predicted molar refractivity (Wildman–Crippen MR) is 89.3 cm³/mol. The molecule has 1 fully saturated rings. The number of carbonyl (C=O) groups excluding carboxylic acids is 2. The lowest BCUT2D eigenvalue weighted by atomic mass is 10.1. The molecule has 0 aliphatic heterocycles. The van der Waals surface area contributed by atoms with Crippen LogP contribution < -0.4 is 16.0 Å². The Morgan fingerprint density at radius 1 is 1.21 bits per heavy atom. The highest BCUT2D eigenvalue weighted by molar-refractivity contribution is 5.86. The zero-order chi connectivity index (χ0) is 16.9. The van der Waals surface area contributed by atoms with Gasteiger partial charge in [-0.15, -0.1) is 0 Å². The Bertz CT molecular complexity index is 685. The molecule has 126 valence electrons. The van der Waals surface area contributed by atoms with Gasteiger partial charge in [0.2, 0.25) is 5.91 Å². The molecule has 1 aliphatic carbocycles.